The summed E-state index contributed by atoms with van der Waals surface area (Å²) in [6.45, 7) is 2.30. The van der Waals surface area contributed by atoms with Gasteiger partial charge in [0.05, 0.1) is 13.5 Å². The van der Waals surface area contributed by atoms with Crippen molar-refractivity contribution >= 4 is 28.3 Å². The van der Waals surface area contributed by atoms with Crippen LogP contribution in [-0.4, -0.2) is 40.8 Å². The Morgan fingerprint density at radius 2 is 1.72 bits per heavy atom. The molecule has 0 radical (unpaired) electrons. The summed E-state index contributed by atoms with van der Waals surface area (Å²) in [6, 6.07) is 25.3. The highest BCUT2D eigenvalue weighted by atomic mass is 32.1. The van der Waals surface area contributed by atoms with E-state index in [-0.39, 0.29) is 18.5 Å². The molecule has 0 N–H and O–H groups in total. The number of benzene rings is 3. The third kappa shape index (κ3) is 5.39. The van der Waals surface area contributed by atoms with Crippen LogP contribution in [0.4, 0.5) is 0 Å². The van der Waals surface area contributed by atoms with E-state index in [0.717, 1.165) is 32.7 Å². The van der Waals surface area contributed by atoms with Crippen LogP contribution in [-0.2, 0) is 16.0 Å². The minimum atomic E-state index is -0.272. The number of methoxy groups -OCH3 is 1. The molecule has 0 aliphatic heterocycles. The van der Waals surface area contributed by atoms with Crippen LogP contribution >= 0.6 is 11.3 Å². The van der Waals surface area contributed by atoms with Gasteiger partial charge in [-0.25, -0.2) is 0 Å². The molecule has 5 rings (SSSR count). The maximum atomic E-state index is 11.4. The van der Waals surface area contributed by atoms with Gasteiger partial charge in [-0.2, -0.15) is 0 Å². The Morgan fingerprint density at radius 3 is 2.39 bits per heavy atom. The molecule has 182 valence electrons. The lowest BCUT2D eigenvalue weighted by atomic mass is 10.1. The van der Waals surface area contributed by atoms with Crippen LogP contribution in [0.2, 0.25) is 0 Å². The molecule has 8 heteroatoms. The summed E-state index contributed by atoms with van der Waals surface area (Å²) in [5, 5.41) is 11.4. The number of aromatic nitrogens is 3. The Morgan fingerprint density at radius 1 is 0.972 bits per heavy atom. The summed E-state index contributed by atoms with van der Waals surface area (Å²) in [5.41, 5.74) is 4.34. The SMILES string of the molecule is COC(=O)Cc1ccc(OCC(C)Oc2ccc(-c3cccs3)cc2-n2nc3ccccc3n2)cc1. The van der Waals surface area contributed by atoms with E-state index < -0.39 is 0 Å². The van der Waals surface area contributed by atoms with Crippen LogP contribution in [0, 0.1) is 0 Å². The van der Waals surface area contributed by atoms with Crippen LogP contribution in [0.25, 0.3) is 27.2 Å². The van der Waals surface area contributed by atoms with Gasteiger partial charge in [-0.15, -0.1) is 26.3 Å². The Kier molecular flexibility index (Phi) is 6.95. The van der Waals surface area contributed by atoms with Crippen molar-refractivity contribution in [2.45, 2.75) is 19.4 Å². The molecule has 0 spiro atoms. The maximum Gasteiger partial charge on any atom is 0.309 e. The lowest BCUT2D eigenvalue weighted by molar-refractivity contribution is -0.139. The summed E-state index contributed by atoms with van der Waals surface area (Å²) in [7, 11) is 1.38. The predicted octanol–water partition coefficient (Wildman–Crippen LogP) is 5.71. The molecule has 0 saturated carbocycles. The molecule has 0 fully saturated rings. The van der Waals surface area contributed by atoms with Gasteiger partial charge < -0.3 is 14.2 Å². The largest absolute Gasteiger partial charge is 0.490 e. The molecule has 5 aromatic rings. The van der Waals surface area contributed by atoms with Crippen molar-refractivity contribution in [3.05, 3.63) is 89.8 Å². The number of fused-ring (bicyclic) bond motifs is 1. The molecular weight excluding hydrogens is 474 g/mol. The fourth-order valence-electron chi connectivity index (χ4n) is 3.74. The minimum absolute atomic E-state index is 0.233. The second kappa shape index (κ2) is 10.6. The van der Waals surface area contributed by atoms with E-state index >= 15 is 0 Å². The smallest absolute Gasteiger partial charge is 0.309 e. The molecule has 2 aromatic heterocycles. The third-order valence-electron chi connectivity index (χ3n) is 5.58. The molecule has 0 aliphatic carbocycles. The molecule has 0 amide bonds. The molecule has 1 unspecified atom stereocenters. The van der Waals surface area contributed by atoms with Crippen molar-refractivity contribution in [3.8, 4) is 27.6 Å². The second-order valence-corrected chi connectivity index (χ2v) is 9.22. The van der Waals surface area contributed by atoms with Crippen LogP contribution in [0.1, 0.15) is 12.5 Å². The Bertz CT molecular complexity index is 1430. The number of esters is 1. The Labute approximate surface area is 212 Å². The maximum absolute atomic E-state index is 11.4. The summed E-state index contributed by atoms with van der Waals surface area (Å²) >= 11 is 1.68. The van der Waals surface area contributed by atoms with E-state index in [1.807, 2.05) is 79.7 Å². The van der Waals surface area contributed by atoms with Crippen molar-refractivity contribution in [2.75, 3.05) is 13.7 Å². The zero-order valence-electron chi connectivity index (χ0n) is 20.0. The van der Waals surface area contributed by atoms with E-state index in [9.17, 15) is 4.79 Å². The van der Waals surface area contributed by atoms with Crippen LogP contribution in [0.3, 0.4) is 0 Å². The first kappa shape index (κ1) is 23.6. The first-order chi connectivity index (χ1) is 17.6. The number of hydrogen-bond acceptors (Lipinski definition) is 7. The standard InChI is InChI=1S/C28H25N3O4S/c1-19(18-34-22-12-9-20(10-13-22)16-28(32)33-2)35-26-14-11-21(27-8-5-15-36-27)17-25(26)31-29-23-6-3-4-7-24(23)30-31/h3-15,17,19H,16,18H2,1-2H3. The van der Waals surface area contributed by atoms with Gasteiger partial charge in [0.2, 0.25) is 0 Å². The van der Waals surface area contributed by atoms with Crippen LogP contribution in [0.15, 0.2) is 84.2 Å². The molecule has 3 aromatic carbocycles. The first-order valence-electron chi connectivity index (χ1n) is 11.5. The number of hydrogen-bond donors (Lipinski definition) is 0. The Balaban J connectivity index is 1.33. The fourth-order valence-corrected chi connectivity index (χ4v) is 4.47. The highest BCUT2D eigenvalue weighted by Gasteiger charge is 2.16. The number of carbonyl (C=O) groups is 1. The normalized spacial score (nSPS) is 11.8. The lowest BCUT2D eigenvalue weighted by Gasteiger charge is -2.18. The van der Waals surface area contributed by atoms with Crippen molar-refractivity contribution in [3.63, 3.8) is 0 Å². The topological polar surface area (TPSA) is 75.5 Å². The lowest BCUT2D eigenvalue weighted by Crippen LogP contribution is -2.22. The molecule has 2 heterocycles. The summed E-state index contributed by atoms with van der Waals surface area (Å²) in [6.07, 6.45) is -0.00661. The van der Waals surface area contributed by atoms with Gasteiger partial charge >= 0.3 is 5.97 Å². The molecule has 1 atom stereocenters. The van der Waals surface area contributed by atoms with E-state index in [1.165, 1.54) is 7.11 Å². The van der Waals surface area contributed by atoms with Crippen molar-refractivity contribution in [1.82, 2.24) is 15.0 Å². The molecule has 36 heavy (non-hydrogen) atoms. The number of ether oxygens (including phenoxy) is 3. The minimum Gasteiger partial charge on any atom is -0.490 e. The fraction of sp³-hybridized carbons (Fsp3) is 0.179. The van der Waals surface area contributed by atoms with Gasteiger partial charge in [0.15, 0.2) is 0 Å². The quantitative estimate of drug-likeness (QED) is 0.242. The predicted molar refractivity (Wildman–Crippen MR) is 140 cm³/mol. The highest BCUT2D eigenvalue weighted by molar-refractivity contribution is 7.13. The van der Waals surface area contributed by atoms with E-state index in [2.05, 4.69) is 21.6 Å². The molecule has 7 nitrogen and oxygen atoms in total. The van der Waals surface area contributed by atoms with Crippen molar-refractivity contribution in [2.24, 2.45) is 0 Å². The van der Waals surface area contributed by atoms with Crippen LogP contribution in [0.5, 0.6) is 11.5 Å². The molecule has 0 saturated heterocycles. The van der Waals surface area contributed by atoms with E-state index in [0.29, 0.717) is 18.1 Å². The third-order valence-corrected chi connectivity index (χ3v) is 6.50. The molecule has 0 aliphatic rings. The van der Waals surface area contributed by atoms with Crippen LogP contribution < -0.4 is 9.47 Å². The number of nitrogens with zero attached hydrogens (tertiary/aromatic N) is 3. The van der Waals surface area contributed by atoms with Gasteiger partial charge in [0.25, 0.3) is 0 Å². The van der Waals surface area contributed by atoms with Gasteiger partial charge in [-0.05, 0) is 72.0 Å². The monoisotopic (exact) mass is 499 g/mol. The van der Waals surface area contributed by atoms with Gasteiger partial charge in [0.1, 0.15) is 40.9 Å². The zero-order valence-corrected chi connectivity index (χ0v) is 20.8. The van der Waals surface area contributed by atoms with Gasteiger partial charge in [0, 0.05) is 4.88 Å². The average molecular weight is 500 g/mol. The van der Waals surface area contributed by atoms with Crippen molar-refractivity contribution < 1.29 is 19.0 Å². The van der Waals surface area contributed by atoms with Crippen molar-refractivity contribution in [1.29, 1.82) is 0 Å². The zero-order chi connectivity index (χ0) is 24.9. The highest BCUT2D eigenvalue weighted by Crippen LogP contribution is 2.32. The summed E-state index contributed by atoms with van der Waals surface area (Å²) in [4.78, 5) is 14.2. The number of rotatable bonds is 9. The Hall–Kier alpha value is -4.17. The summed E-state index contributed by atoms with van der Waals surface area (Å²) < 4.78 is 16.9. The van der Waals surface area contributed by atoms with Gasteiger partial charge in [-0.1, -0.05) is 30.3 Å². The number of carbonyl (C=O) groups excluding carboxylic acids is 1. The number of thiophene rings is 1. The second-order valence-electron chi connectivity index (χ2n) is 8.27. The summed E-state index contributed by atoms with van der Waals surface area (Å²) in [5.74, 6) is 1.10. The van der Waals surface area contributed by atoms with Gasteiger partial charge in [-0.3, -0.25) is 4.79 Å². The first-order valence-corrected chi connectivity index (χ1v) is 12.4. The van der Waals surface area contributed by atoms with E-state index in [1.54, 1.807) is 16.1 Å². The molecular formula is C28H25N3O4S. The molecule has 0 bridgehead atoms. The van der Waals surface area contributed by atoms with E-state index in [4.69, 9.17) is 14.2 Å². The average Bonchev–Trinajstić information content (AvgIpc) is 3.59.